The Morgan fingerprint density at radius 3 is 2.95 bits per heavy atom. The number of nitrogens with one attached hydrogen (secondary N) is 3. The first-order valence-electron chi connectivity index (χ1n) is 13.5. The number of aryl methyl sites for hydroxylation is 2. The van der Waals surface area contributed by atoms with Gasteiger partial charge in [-0.25, -0.2) is 19.7 Å². The van der Waals surface area contributed by atoms with E-state index < -0.39 is 12.0 Å². The van der Waals surface area contributed by atoms with Crippen LogP contribution in [-0.4, -0.2) is 75.6 Å². The molecule has 5 rings (SSSR count). The number of aromatic nitrogens is 3. The molecule has 10 nitrogen and oxygen atoms in total. The van der Waals surface area contributed by atoms with Gasteiger partial charge in [0.05, 0.1) is 11.4 Å². The zero-order valence-corrected chi connectivity index (χ0v) is 21.5. The van der Waals surface area contributed by atoms with Crippen LogP contribution in [0.5, 0.6) is 0 Å². The van der Waals surface area contributed by atoms with E-state index in [1.807, 2.05) is 24.3 Å². The number of pyridine rings is 1. The number of anilines is 2. The maximum absolute atomic E-state index is 13.0. The van der Waals surface area contributed by atoms with Crippen LogP contribution in [0.4, 0.5) is 11.6 Å². The van der Waals surface area contributed by atoms with Gasteiger partial charge in [-0.1, -0.05) is 18.2 Å². The fourth-order valence-corrected chi connectivity index (χ4v) is 5.30. The number of rotatable bonds is 10. The molecule has 1 aromatic carbocycles. The molecule has 200 valence electrons. The van der Waals surface area contributed by atoms with E-state index >= 15 is 0 Å². The van der Waals surface area contributed by atoms with Gasteiger partial charge in [0.2, 0.25) is 5.91 Å². The van der Waals surface area contributed by atoms with Crippen molar-refractivity contribution in [2.75, 3.05) is 43.4 Å². The molecular weight excluding hydrogens is 482 g/mol. The lowest BCUT2D eigenvalue weighted by atomic mass is 9.96. The van der Waals surface area contributed by atoms with E-state index in [9.17, 15) is 14.7 Å². The number of piperidine rings is 1. The zero-order valence-electron chi connectivity index (χ0n) is 21.5. The number of likely N-dealkylation sites (tertiary alicyclic amines) is 1. The molecule has 4 N–H and O–H groups in total. The van der Waals surface area contributed by atoms with Gasteiger partial charge in [-0.05, 0) is 75.4 Å². The predicted molar refractivity (Wildman–Crippen MR) is 146 cm³/mol. The second-order valence-corrected chi connectivity index (χ2v) is 10.1. The van der Waals surface area contributed by atoms with Gasteiger partial charge in [-0.3, -0.25) is 4.79 Å². The average molecular weight is 518 g/mol. The topological polar surface area (TPSA) is 132 Å². The van der Waals surface area contributed by atoms with Gasteiger partial charge < -0.3 is 26.0 Å². The first-order valence-corrected chi connectivity index (χ1v) is 13.5. The molecule has 2 atom stereocenters. The van der Waals surface area contributed by atoms with Crippen LogP contribution in [-0.2, 0) is 22.4 Å². The summed E-state index contributed by atoms with van der Waals surface area (Å²) in [5.41, 5.74) is 3.13. The maximum Gasteiger partial charge on any atom is 0.328 e. The predicted octanol–water partition coefficient (Wildman–Crippen LogP) is 2.71. The van der Waals surface area contributed by atoms with Crippen LogP contribution in [0.1, 0.15) is 36.9 Å². The number of nitrogens with zero attached hydrogens (tertiary/aromatic N) is 4. The minimum Gasteiger partial charge on any atom is -0.480 e. The summed E-state index contributed by atoms with van der Waals surface area (Å²) in [4.78, 5) is 40.4. The number of carbonyl (C=O) groups is 2. The molecule has 2 aliphatic heterocycles. The molecule has 0 spiro atoms. The number of amides is 1. The highest BCUT2D eigenvalue weighted by Gasteiger charge is 2.27. The van der Waals surface area contributed by atoms with E-state index in [1.165, 1.54) is 11.9 Å². The SMILES string of the molecule is O=C(O)C(CNC(=O)[C@@H]1CCCN(CCCc2ccc3c(n2)NCCC3)C1)Nc1ncnc2ccccc12. The van der Waals surface area contributed by atoms with Crippen molar-refractivity contribution in [3.63, 3.8) is 0 Å². The average Bonchev–Trinajstić information content (AvgIpc) is 2.95. The largest absolute Gasteiger partial charge is 0.480 e. The molecule has 4 heterocycles. The van der Waals surface area contributed by atoms with Gasteiger partial charge in [0.15, 0.2) is 0 Å². The highest BCUT2D eigenvalue weighted by atomic mass is 16.4. The van der Waals surface area contributed by atoms with Gasteiger partial charge in [0.25, 0.3) is 0 Å². The zero-order chi connectivity index (χ0) is 26.3. The Morgan fingerprint density at radius 1 is 1.16 bits per heavy atom. The lowest BCUT2D eigenvalue weighted by molar-refractivity contribution is -0.138. The summed E-state index contributed by atoms with van der Waals surface area (Å²) in [5.74, 6) is 0.168. The van der Waals surface area contributed by atoms with E-state index in [0.29, 0.717) is 12.4 Å². The molecule has 10 heteroatoms. The molecule has 1 fully saturated rings. The summed E-state index contributed by atoms with van der Waals surface area (Å²) < 4.78 is 0. The molecule has 0 bridgehead atoms. The molecular formula is C28H35N7O3. The fraction of sp³-hybridized carbons (Fsp3) is 0.464. The van der Waals surface area contributed by atoms with Crippen molar-refractivity contribution in [3.8, 4) is 0 Å². The molecule has 38 heavy (non-hydrogen) atoms. The third kappa shape index (κ3) is 6.36. The number of aliphatic carboxylic acids is 1. The van der Waals surface area contributed by atoms with Crippen LogP contribution in [0.3, 0.4) is 0 Å². The third-order valence-corrected chi connectivity index (χ3v) is 7.37. The minimum atomic E-state index is -1.05. The first kappa shape index (κ1) is 25.8. The molecule has 0 saturated carbocycles. The lowest BCUT2D eigenvalue weighted by Crippen LogP contribution is -2.47. The molecule has 0 radical (unpaired) electrons. The Morgan fingerprint density at radius 2 is 2.05 bits per heavy atom. The number of carboxylic acid groups (broad SMARTS) is 1. The van der Waals surface area contributed by atoms with Crippen LogP contribution >= 0.6 is 0 Å². The smallest absolute Gasteiger partial charge is 0.328 e. The molecule has 0 aliphatic carbocycles. The second-order valence-electron chi connectivity index (χ2n) is 10.1. The number of benzene rings is 1. The Bertz CT molecular complexity index is 1280. The quantitative estimate of drug-likeness (QED) is 0.320. The van der Waals surface area contributed by atoms with Crippen molar-refractivity contribution in [3.05, 3.63) is 54.0 Å². The maximum atomic E-state index is 13.0. The molecule has 3 aromatic rings. The van der Waals surface area contributed by atoms with E-state index in [1.54, 1.807) is 0 Å². The summed E-state index contributed by atoms with van der Waals surface area (Å²) in [7, 11) is 0. The highest BCUT2D eigenvalue weighted by molar-refractivity contribution is 5.91. The number of fused-ring (bicyclic) bond motifs is 2. The standard InChI is InChI=1S/C28H35N7O3/c36-27(30-16-24(28(37)38)34-26-22-9-1-2-10-23(22)31-18-32-26)20-7-4-14-35(17-20)15-5-8-21-12-11-19-6-3-13-29-25(19)33-21/h1-2,9-12,18,20,24H,3-8,13-17H2,(H,29,33)(H,30,36)(H,37,38)(H,31,32,34)/t20-,24?/m1/s1. The monoisotopic (exact) mass is 517 g/mol. The van der Waals surface area contributed by atoms with Crippen LogP contribution in [0.2, 0.25) is 0 Å². The lowest BCUT2D eigenvalue weighted by Gasteiger charge is -2.32. The van der Waals surface area contributed by atoms with Crippen molar-refractivity contribution < 1.29 is 14.7 Å². The van der Waals surface area contributed by atoms with Gasteiger partial charge in [-0.15, -0.1) is 0 Å². The van der Waals surface area contributed by atoms with Gasteiger partial charge >= 0.3 is 5.97 Å². The van der Waals surface area contributed by atoms with Crippen LogP contribution in [0.15, 0.2) is 42.7 Å². The van der Waals surface area contributed by atoms with Gasteiger partial charge in [0, 0.05) is 30.7 Å². The van der Waals surface area contributed by atoms with E-state index in [-0.39, 0.29) is 18.4 Å². The van der Waals surface area contributed by atoms with Gasteiger partial charge in [-0.2, -0.15) is 0 Å². The Balaban J connectivity index is 1.10. The number of carboxylic acids is 1. The van der Waals surface area contributed by atoms with E-state index in [4.69, 9.17) is 4.98 Å². The van der Waals surface area contributed by atoms with Crippen molar-refractivity contribution in [1.82, 2.24) is 25.2 Å². The van der Waals surface area contributed by atoms with Gasteiger partial charge in [0.1, 0.15) is 24.0 Å². The molecule has 2 aliphatic rings. The summed E-state index contributed by atoms with van der Waals surface area (Å²) >= 11 is 0. The number of hydrogen-bond acceptors (Lipinski definition) is 8. The van der Waals surface area contributed by atoms with E-state index in [0.717, 1.165) is 80.6 Å². The summed E-state index contributed by atoms with van der Waals surface area (Å²) in [6.07, 6.45) is 7.30. The molecule has 2 aromatic heterocycles. The number of para-hydroxylation sites is 1. The molecule has 1 saturated heterocycles. The van der Waals surface area contributed by atoms with Crippen molar-refractivity contribution in [2.24, 2.45) is 5.92 Å². The first-order chi connectivity index (χ1) is 18.6. The minimum absolute atomic E-state index is 0.0268. The second kappa shape index (κ2) is 12.2. The van der Waals surface area contributed by atoms with Crippen LogP contribution in [0, 0.1) is 5.92 Å². The summed E-state index contributed by atoms with van der Waals surface area (Å²) in [5, 5.41) is 19.7. The van der Waals surface area contributed by atoms with Crippen LogP contribution in [0.25, 0.3) is 10.9 Å². The highest BCUT2D eigenvalue weighted by Crippen LogP contribution is 2.22. The number of carbonyl (C=O) groups excluding carboxylic acids is 1. The Labute approximate surface area is 222 Å². The Kier molecular flexibility index (Phi) is 8.28. The third-order valence-electron chi connectivity index (χ3n) is 7.37. The van der Waals surface area contributed by atoms with E-state index in [2.05, 4.69) is 43.0 Å². The fourth-order valence-electron chi connectivity index (χ4n) is 5.30. The van der Waals surface area contributed by atoms with Crippen LogP contribution < -0.4 is 16.0 Å². The number of hydrogen-bond donors (Lipinski definition) is 4. The molecule has 1 unspecified atom stereocenters. The molecule has 1 amide bonds. The normalized spacial score (nSPS) is 18.3. The summed E-state index contributed by atoms with van der Waals surface area (Å²) in [6, 6.07) is 10.7. The van der Waals surface area contributed by atoms with Crippen molar-refractivity contribution in [2.45, 2.75) is 44.6 Å². The Hall–Kier alpha value is -3.79. The summed E-state index contributed by atoms with van der Waals surface area (Å²) in [6.45, 7) is 3.54. The van der Waals surface area contributed by atoms with Crippen molar-refractivity contribution in [1.29, 1.82) is 0 Å². The van der Waals surface area contributed by atoms with Crippen molar-refractivity contribution >= 4 is 34.4 Å².